The third-order valence-electron chi connectivity index (χ3n) is 4.62. The van der Waals surface area contributed by atoms with Crippen molar-refractivity contribution in [3.05, 3.63) is 58.9 Å². The minimum Gasteiger partial charge on any atom is -0.369 e. The van der Waals surface area contributed by atoms with Gasteiger partial charge in [-0.25, -0.2) is 14.4 Å². The molecule has 1 aromatic carbocycles. The van der Waals surface area contributed by atoms with E-state index in [1.54, 1.807) is 19.9 Å². The van der Waals surface area contributed by atoms with Crippen molar-refractivity contribution in [1.82, 2.24) is 14.9 Å². The number of guanidine groups is 1. The average Bonchev–Trinajstić information content (AvgIpc) is 2.61. The van der Waals surface area contributed by atoms with Gasteiger partial charge in [0.1, 0.15) is 11.5 Å². The van der Waals surface area contributed by atoms with Crippen LogP contribution in [0.25, 0.3) is 0 Å². The minimum atomic E-state index is -1.12. The quantitative estimate of drug-likeness (QED) is 0.827. The van der Waals surface area contributed by atoms with E-state index in [4.69, 9.17) is 5.73 Å². The van der Waals surface area contributed by atoms with Crippen molar-refractivity contribution in [2.75, 3.05) is 7.05 Å². The molecule has 1 aliphatic heterocycles. The molecule has 7 nitrogen and oxygen atoms in total. The lowest BCUT2D eigenvalue weighted by Gasteiger charge is -2.34. The Hall–Kier alpha value is -3.16. The molecule has 0 bridgehead atoms. The number of rotatable bonds is 4. The third-order valence-corrected chi connectivity index (χ3v) is 4.62. The first-order valence-electron chi connectivity index (χ1n) is 8.42. The van der Waals surface area contributed by atoms with E-state index in [1.807, 2.05) is 0 Å². The van der Waals surface area contributed by atoms with Gasteiger partial charge in [0.05, 0.1) is 23.9 Å². The first-order valence-corrected chi connectivity index (χ1v) is 8.42. The molecule has 140 valence electrons. The zero-order valence-corrected chi connectivity index (χ0v) is 15.4. The summed E-state index contributed by atoms with van der Waals surface area (Å²) in [6, 6.07) is 4.37. The first-order chi connectivity index (χ1) is 12.7. The lowest BCUT2D eigenvalue weighted by molar-refractivity contribution is -0.128. The number of carbonyl (C=O) groups is 2. The number of aliphatic imine (C=N–C) groups is 1. The molecule has 27 heavy (non-hydrogen) atoms. The molecule has 2 aromatic rings. The number of carbonyl (C=O) groups excluding carboxylic acids is 2. The van der Waals surface area contributed by atoms with E-state index in [0.29, 0.717) is 11.3 Å². The zero-order valence-electron chi connectivity index (χ0n) is 15.4. The van der Waals surface area contributed by atoms with Gasteiger partial charge in [0.15, 0.2) is 11.7 Å². The normalized spacial score (nSPS) is 19.8. The van der Waals surface area contributed by atoms with Crippen LogP contribution in [0.1, 0.15) is 40.7 Å². The fourth-order valence-electron chi connectivity index (χ4n) is 2.97. The van der Waals surface area contributed by atoms with Crippen LogP contribution in [-0.4, -0.2) is 39.6 Å². The molecule has 2 N–H and O–H groups in total. The Morgan fingerprint density at radius 1 is 1.33 bits per heavy atom. The summed E-state index contributed by atoms with van der Waals surface area (Å²) in [5.41, 5.74) is 6.46. The van der Waals surface area contributed by atoms with E-state index in [9.17, 15) is 14.0 Å². The van der Waals surface area contributed by atoms with Crippen LogP contribution in [0.3, 0.4) is 0 Å². The van der Waals surface area contributed by atoms with Crippen LogP contribution in [0.4, 0.5) is 4.39 Å². The van der Waals surface area contributed by atoms with Gasteiger partial charge in [0, 0.05) is 25.2 Å². The number of amides is 1. The standard InChI is InChI=1S/C19H20FN5O2/c1-11-9-23-15(10-22-11)16(26)7-12-4-5-14(20)13(6-12)19(2)8-17(27)25(3)18(21)24-19/h4-6,9-10H,7-8H2,1-3H3,(H2,21,24). The van der Waals surface area contributed by atoms with Crippen LogP contribution in [0, 0.1) is 12.7 Å². The van der Waals surface area contributed by atoms with Gasteiger partial charge in [-0.15, -0.1) is 0 Å². The van der Waals surface area contributed by atoms with E-state index >= 15 is 0 Å². The fraction of sp³-hybridized carbons (Fsp3) is 0.316. The largest absolute Gasteiger partial charge is 0.369 e. The molecule has 1 unspecified atom stereocenters. The van der Waals surface area contributed by atoms with Crippen molar-refractivity contribution in [3.8, 4) is 0 Å². The highest BCUT2D eigenvalue weighted by Crippen LogP contribution is 2.35. The average molecular weight is 369 g/mol. The van der Waals surface area contributed by atoms with E-state index in [2.05, 4.69) is 15.0 Å². The third kappa shape index (κ3) is 3.69. The van der Waals surface area contributed by atoms with Crippen LogP contribution < -0.4 is 5.73 Å². The molecule has 8 heteroatoms. The number of nitrogens with zero attached hydrogens (tertiary/aromatic N) is 4. The lowest BCUT2D eigenvalue weighted by Crippen LogP contribution is -2.47. The summed E-state index contributed by atoms with van der Waals surface area (Å²) in [6.07, 6.45) is 2.96. The maximum absolute atomic E-state index is 14.5. The van der Waals surface area contributed by atoms with Crippen molar-refractivity contribution in [2.45, 2.75) is 32.2 Å². The number of aromatic nitrogens is 2. The van der Waals surface area contributed by atoms with Gasteiger partial charge < -0.3 is 5.73 Å². The number of halogens is 1. The summed E-state index contributed by atoms with van der Waals surface area (Å²) in [6.45, 7) is 3.43. The number of ketones is 1. The van der Waals surface area contributed by atoms with Gasteiger partial charge in [0.25, 0.3) is 0 Å². The van der Waals surface area contributed by atoms with Gasteiger partial charge in [-0.05, 0) is 31.5 Å². The molecule has 1 atom stereocenters. The van der Waals surface area contributed by atoms with E-state index < -0.39 is 11.4 Å². The molecular weight excluding hydrogens is 349 g/mol. The second kappa shape index (κ2) is 6.86. The SMILES string of the molecule is Cc1cnc(C(=O)Cc2ccc(F)c(C3(C)CC(=O)N(C)C(N)=N3)c2)cn1. The number of aryl methyl sites for hydroxylation is 1. The van der Waals surface area contributed by atoms with Crippen molar-refractivity contribution in [3.63, 3.8) is 0 Å². The van der Waals surface area contributed by atoms with Crippen molar-refractivity contribution >= 4 is 17.6 Å². The number of hydrogen-bond acceptors (Lipinski definition) is 6. The Balaban J connectivity index is 1.92. The molecule has 3 rings (SSSR count). The van der Waals surface area contributed by atoms with Gasteiger partial charge in [-0.1, -0.05) is 6.07 Å². The molecule has 0 saturated heterocycles. The van der Waals surface area contributed by atoms with Crippen LogP contribution in [0.5, 0.6) is 0 Å². The maximum Gasteiger partial charge on any atom is 0.231 e. The molecule has 0 fully saturated rings. The predicted octanol–water partition coefficient (Wildman–Crippen LogP) is 1.74. The Morgan fingerprint density at radius 3 is 2.70 bits per heavy atom. The Morgan fingerprint density at radius 2 is 2.07 bits per heavy atom. The molecule has 0 spiro atoms. The summed E-state index contributed by atoms with van der Waals surface area (Å²) >= 11 is 0. The molecule has 0 aliphatic carbocycles. The minimum absolute atomic E-state index is 0.0119. The second-order valence-electron chi connectivity index (χ2n) is 6.83. The highest BCUT2D eigenvalue weighted by atomic mass is 19.1. The highest BCUT2D eigenvalue weighted by molar-refractivity contribution is 5.99. The molecule has 2 heterocycles. The van der Waals surface area contributed by atoms with Gasteiger partial charge in [-0.3, -0.25) is 19.5 Å². The summed E-state index contributed by atoms with van der Waals surface area (Å²) in [4.78, 5) is 38.3. The monoisotopic (exact) mass is 369 g/mol. The van der Waals surface area contributed by atoms with Crippen LogP contribution in [0.2, 0.25) is 0 Å². The Bertz CT molecular complexity index is 942. The summed E-state index contributed by atoms with van der Waals surface area (Å²) < 4.78 is 14.5. The summed E-state index contributed by atoms with van der Waals surface area (Å²) in [5, 5.41) is 0. The maximum atomic E-state index is 14.5. The lowest BCUT2D eigenvalue weighted by atomic mass is 9.85. The number of Topliss-reactive ketones (excluding diaryl/α,β-unsaturated/α-hetero) is 1. The fourth-order valence-corrected chi connectivity index (χ4v) is 2.97. The first kappa shape index (κ1) is 18.6. The molecule has 0 radical (unpaired) electrons. The molecule has 1 amide bonds. The van der Waals surface area contributed by atoms with Gasteiger partial charge in [-0.2, -0.15) is 0 Å². The number of nitrogens with two attached hydrogens (primary N) is 1. The number of hydrogen-bond donors (Lipinski definition) is 1. The van der Waals surface area contributed by atoms with Crippen molar-refractivity contribution < 1.29 is 14.0 Å². The molecule has 0 saturated carbocycles. The number of benzene rings is 1. The van der Waals surface area contributed by atoms with E-state index in [1.165, 1.54) is 36.5 Å². The van der Waals surface area contributed by atoms with Gasteiger partial charge >= 0.3 is 0 Å². The van der Waals surface area contributed by atoms with E-state index in [-0.39, 0.29) is 41.7 Å². The van der Waals surface area contributed by atoms with Gasteiger partial charge in [0.2, 0.25) is 5.91 Å². The molecule has 1 aromatic heterocycles. The second-order valence-corrected chi connectivity index (χ2v) is 6.83. The van der Waals surface area contributed by atoms with Crippen molar-refractivity contribution in [2.24, 2.45) is 10.7 Å². The smallest absolute Gasteiger partial charge is 0.231 e. The molecule has 1 aliphatic rings. The van der Waals surface area contributed by atoms with Crippen LogP contribution >= 0.6 is 0 Å². The van der Waals surface area contributed by atoms with E-state index in [0.717, 1.165) is 0 Å². The predicted molar refractivity (Wildman–Crippen MR) is 97.6 cm³/mol. The summed E-state index contributed by atoms with van der Waals surface area (Å²) in [7, 11) is 1.52. The Kier molecular flexibility index (Phi) is 4.73. The van der Waals surface area contributed by atoms with Crippen LogP contribution in [-0.2, 0) is 16.8 Å². The van der Waals surface area contributed by atoms with Crippen molar-refractivity contribution in [1.29, 1.82) is 0 Å². The molecular formula is C19H20FN5O2. The zero-order chi connectivity index (χ0) is 19.8. The Labute approximate surface area is 156 Å². The summed E-state index contributed by atoms with van der Waals surface area (Å²) in [5.74, 6) is -0.948. The van der Waals surface area contributed by atoms with Crippen LogP contribution in [0.15, 0.2) is 35.6 Å². The topological polar surface area (TPSA) is 102 Å². The highest BCUT2D eigenvalue weighted by Gasteiger charge is 2.38.